The molecule has 0 radical (unpaired) electrons. The summed E-state index contributed by atoms with van der Waals surface area (Å²) in [5.74, 6) is -0.184. The van der Waals surface area contributed by atoms with Crippen molar-refractivity contribution in [2.75, 3.05) is 32.2 Å². The van der Waals surface area contributed by atoms with Crippen LogP contribution in [-0.2, 0) is 14.3 Å². The quantitative estimate of drug-likeness (QED) is 0.454. The van der Waals surface area contributed by atoms with E-state index in [0.717, 1.165) is 11.1 Å². The monoisotopic (exact) mass is 442 g/mol. The van der Waals surface area contributed by atoms with Crippen molar-refractivity contribution in [2.24, 2.45) is 0 Å². The summed E-state index contributed by atoms with van der Waals surface area (Å²) in [6, 6.07) is 10.8. The minimum atomic E-state index is -0.378. The summed E-state index contributed by atoms with van der Waals surface area (Å²) in [7, 11) is 1.54. The van der Waals surface area contributed by atoms with Crippen molar-refractivity contribution in [3.8, 4) is 5.75 Å². The molecule has 0 unspecified atom stereocenters. The van der Waals surface area contributed by atoms with Crippen LogP contribution in [0, 0.1) is 13.8 Å². The van der Waals surface area contributed by atoms with Gasteiger partial charge in [0.2, 0.25) is 0 Å². The average Bonchev–Trinajstić information content (AvgIpc) is 2.97. The van der Waals surface area contributed by atoms with E-state index in [0.29, 0.717) is 47.2 Å². The summed E-state index contributed by atoms with van der Waals surface area (Å²) in [5, 5.41) is 3.61. The summed E-state index contributed by atoms with van der Waals surface area (Å²) >= 11 is 6.15. The number of carbonyl (C=O) groups excluding carboxylic acids is 2. The van der Waals surface area contributed by atoms with Crippen LogP contribution in [-0.4, -0.2) is 43.6 Å². The molecule has 1 heterocycles. The minimum Gasteiger partial charge on any atom is -0.495 e. The number of ether oxygens (including phenoxy) is 2. The number of hydrogen-bond donors (Lipinski definition) is 1. The molecule has 0 aliphatic carbocycles. The number of carbonyl (C=O) groups is 2. The largest absolute Gasteiger partial charge is 0.495 e. The Morgan fingerprint density at radius 1 is 1.03 bits per heavy atom. The van der Waals surface area contributed by atoms with Crippen LogP contribution in [0.5, 0.6) is 5.75 Å². The maximum absolute atomic E-state index is 13.3. The molecule has 0 saturated heterocycles. The van der Waals surface area contributed by atoms with Crippen LogP contribution in [0.1, 0.15) is 30.0 Å². The van der Waals surface area contributed by atoms with Crippen molar-refractivity contribution in [3.63, 3.8) is 0 Å². The second-order valence-corrected chi connectivity index (χ2v) is 7.77. The zero-order valence-electron chi connectivity index (χ0n) is 18.3. The topological polar surface area (TPSA) is 67.9 Å². The second-order valence-electron chi connectivity index (χ2n) is 7.33. The summed E-state index contributed by atoms with van der Waals surface area (Å²) in [6.45, 7) is 7.25. The van der Waals surface area contributed by atoms with Gasteiger partial charge in [0, 0.05) is 24.8 Å². The second kappa shape index (κ2) is 9.98. The Labute approximate surface area is 187 Å². The smallest absolute Gasteiger partial charge is 0.278 e. The van der Waals surface area contributed by atoms with E-state index in [4.69, 9.17) is 21.1 Å². The van der Waals surface area contributed by atoms with Gasteiger partial charge in [-0.3, -0.25) is 14.5 Å². The molecule has 0 atom stereocenters. The number of anilines is 1. The number of amides is 2. The zero-order valence-corrected chi connectivity index (χ0v) is 19.0. The number of nitrogens with zero attached hydrogens (tertiary/aromatic N) is 1. The first-order chi connectivity index (χ1) is 14.9. The van der Waals surface area contributed by atoms with Gasteiger partial charge in [0.05, 0.1) is 18.4 Å². The molecule has 6 nitrogen and oxygen atoms in total. The summed E-state index contributed by atoms with van der Waals surface area (Å²) in [4.78, 5) is 27.8. The van der Waals surface area contributed by atoms with E-state index in [1.54, 1.807) is 18.2 Å². The van der Waals surface area contributed by atoms with Crippen LogP contribution in [0.2, 0.25) is 5.02 Å². The first-order valence-corrected chi connectivity index (χ1v) is 10.6. The molecule has 2 aromatic rings. The molecule has 0 bridgehead atoms. The molecule has 1 aliphatic rings. The molecule has 1 aliphatic heterocycles. The van der Waals surface area contributed by atoms with Crippen molar-refractivity contribution in [3.05, 3.63) is 63.8 Å². The molecule has 2 amide bonds. The minimum absolute atomic E-state index is 0.213. The van der Waals surface area contributed by atoms with Gasteiger partial charge in [0.25, 0.3) is 11.8 Å². The summed E-state index contributed by atoms with van der Waals surface area (Å²) in [5.41, 5.74) is 3.91. The van der Waals surface area contributed by atoms with E-state index in [9.17, 15) is 9.59 Å². The number of halogens is 1. The first-order valence-electron chi connectivity index (χ1n) is 10.2. The molecule has 7 heteroatoms. The Kier molecular flexibility index (Phi) is 7.36. The highest BCUT2D eigenvalue weighted by atomic mass is 35.5. The number of hydrogen-bond acceptors (Lipinski definition) is 5. The lowest BCUT2D eigenvalue weighted by molar-refractivity contribution is -0.137. The van der Waals surface area contributed by atoms with Crippen molar-refractivity contribution < 1.29 is 19.1 Å². The molecule has 3 rings (SSSR count). The molecule has 0 spiro atoms. The van der Waals surface area contributed by atoms with Crippen molar-refractivity contribution in [1.29, 1.82) is 0 Å². The van der Waals surface area contributed by atoms with Gasteiger partial charge in [-0.15, -0.1) is 0 Å². The number of methoxy groups -OCH3 is 1. The highest BCUT2D eigenvalue weighted by Crippen LogP contribution is 2.35. The molecule has 31 heavy (non-hydrogen) atoms. The van der Waals surface area contributed by atoms with Crippen molar-refractivity contribution >= 4 is 34.7 Å². The fraction of sp³-hybridized carbons (Fsp3) is 0.333. The third-order valence-electron chi connectivity index (χ3n) is 5.26. The maximum Gasteiger partial charge on any atom is 0.278 e. The molecule has 1 N–H and O–H groups in total. The van der Waals surface area contributed by atoms with Gasteiger partial charge < -0.3 is 14.8 Å². The fourth-order valence-corrected chi connectivity index (χ4v) is 3.61. The van der Waals surface area contributed by atoms with Crippen LogP contribution in [0.25, 0.3) is 5.57 Å². The molecule has 164 valence electrons. The number of imide groups is 1. The number of benzene rings is 2. The summed E-state index contributed by atoms with van der Waals surface area (Å²) in [6.07, 6.45) is 0.569. The van der Waals surface area contributed by atoms with Gasteiger partial charge in [0.1, 0.15) is 11.4 Å². The predicted molar refractivity (Wildman–Crippen MR) is 122 cm³/mol. The van der Waals surface area contributed by atoms with Crippen LogP contribution in [0.4, 0.5) is 5.69 Å². The van der Waals surface area contributed by atoms with Gasteiger partial charge in [-0.25, -0.2) is 0 Å². The van der Waals surface area contributed by atoms with Gasteiger partial charge in [-0.1, -0.05) is 29.8 Å². The van der Waals surface area contributed by atoms with E-state index < -0.39 is 0 Å². The summed E-state index contributed by atoms with van der Waals surface area (Å²) < 4.78 is 10.8. The van der Waals surface area contributed by atoms with Gasteiger partial charge in [-0.2, -0.15) is 0 Å². The predicted octanol–water partition coefficient (Wildman–Crippen LogP) is 4.58. The molecule has 0 fully saturated rings. The van der Waals surface area contributed by atoms with E-state index in [2.05, 4.69) is 5.32 Å². The number of rotatable bonds is 9. The first kappa shape index (κ1) is 22.8. The zero-order chi connectivity index (χ0) is 22.5. The highest BCUT2D eigenvalue weighted by Gasteiger charge is 2.39. The number of aryl methyl sites for hydroxylation is 2. The van der Waals surface area contributed by atoms with Crippen molar-refractivity contribution in [2.45, 2.75) is 27.2 Å². The number of nitrogens with one attached hydrogen (secondary N) is 1. The van der Waals surface area contributed by atoms with Gasteiger partial charge in [0.15, 0.2) is 0 Å². The van der Waals surface area contributed by atoms with Gasteiger partial charge in [-0.05, 0) is 62.1 Å². The van der Waals surface area contributed by atoms with Crippen LogP contribution < -0.4 is 10.1 Å². The molecule has 0 saturated carbocycles. The average molecular weight is 443 g/mol. The van der Waals surface area contributed by atoms with Crippen molar-refractivity contribution in [1.82, 2.24) is 4.90 Å². The molecular weight excluding hydrogens is 416 g/mol. The highest BCUT2D eigenvalue weighted by molar-refractivity contribution is 6.36. The molecule has 0 aromatic heterocycles. The standard InChI is InChI=1S/C24H27ClN2O4/c1-5-31-12-6-11-27-23(28)21(17-8-7-15(2)16(3)13-17)22(24(27)29)26-19-14-18(25)9-10-20(19)30-4/h7-10,13-14,26H,5-6,11-12H2,1-4H3. The van der Waals surface area contributed by atoms with E-state index in [-0.39, 0.29) is 24.1 Å². The van der Waals surface area contributed by atoms with E-state index in [1.807, 2.05) is 39.0 Å². The Bertz CT molecular complexity index is 1030. The third kappa shape index (κ3) is 4.92. The van der Waals surface area contributed by atoms with E-state index >= 15 is 0 Å². The Morgan fingerprint density at radius 3 is 2.48 bits per heavy atom. The lowest BCUT2D eigenvalue weighted by atomic mass is 9.99. The Balaban J connectivity index is 2.03. The lowest BCUT2D eigenvalue weighted by Gasteiger charge is -2.16. The Hall–Kier alpha value is -2.83. The van der Waals surface area contributed by atoms with Crippen LogP contribution in [0.15, 0.2) is 42.1 Å². The maximum atomic E-state index is 13.3. The SMILES string of the molecule is CCOCCCN1C(=O)C(Nc2cc(Cl)ccc2OC)=C(c2ccc(C)c(C)c2)C1=O. The third-order valence-corrected chi connectivity index (χ3v) is 5.49. The normalized spacial score (nSPS) is 13.9. The molecule has 2 aromatic carbocycles. The fourth-order valence-electron chi connectivity index (χ4n) is 3.44. The molecular formula is C24H27ClN2O4. The van der Waals surface area contributed by atoms with Gasteiger partial charge >= 0.3 is 0 Å². The lowest BCUT2D eigenvalue weighted by Crippen LogP contribution is -2.34. The Morgan fingerprint density at radius 2 is 1.81 bits per heavy atom. The van der Waals surface area contributed by atoms with Crippen LogP contribution in [0.3, 0.4) is 0 Å². The van der Waals surface area contributed by atoms with E-state index in [1.165, 1.54) is 12.0 Å². The van der Waals surface area contributed by atoms with Crippen LogP contribution >= 0.6 is 11.6 Å².